The second-order valence-corrected chi connectivity index (χ2v) is 3.97. The van der Waals surface area contributed by atoms with Crippen LogP contribution in [0.4, 0.5) is 13.2 Å². The molecule has 0 unspecified atom stereocenters. The molecule has 0 heterocycles. The SMILES string of the molecule is Oc1ccc(SCC(F)(F)F)cc1Cl. The van der Waals surface area contributed by atoms with Gasteiger partial charge in [-0.3, -0.25) is 0 Å². The number of halogens is 4. The highest BCUT2D eigenvalue weighted by atomic mass is 35.5. The van der Waals surface area contributed by atoms with Crippen LogP contribution >= 0.6 is 23.4 Å². The third kappa shape index (κ3) is 3.67. The van der Waals surface area contributed by atoms with Crippen molar-refractivity contribution < 1.29 is 18.3 Å². The average Bonchev–Trinajstić information content (AvgIpc) is 2.06. The van der Waals surface area contributed by atoms with Gasteiger partial charge in [0, 0.05) is 4.90 Å². The van der Waals surface area contributed by atoms with Crippen molar-refractivity contribution in [3.05, 3.63) is 23.2 Å². The van der Waals surface area contributed by atoms with E-state index >= 15 is 0 Å². The van der Waals surface area contributed by atoms with Gasteiger partial charge in [0.2, 0.25) is 0 Å². The first kappa shape index (κ1) is 11.5. The van der Waals surface area contributed by atoms with Crippen LogP contribution in [0.3, 0.4) is 0 Å². The molecule has 0 amide bonds. The molecule has 1 N–H and O–H groups in total. The van der Waals surface area contributed by atoms with E-state index < -0.39 is 11.9 Å². The number of aromatic hydroxyl groups is 1. The van der Waals surface area contributed by atoms with Crippen molar-refractivity contribution in [3.63, 3.8) is 0 Å². The van der Waals surface area contributed by atoms with E-state index in [4.69, 9.17) is 16.7 Å². The summed E-state index contributed by atoms with van der Waals surface area (Å²) in [7, 11) is 0. The highest BCUT2D eigenvalue weighted by Crippen LogP contribution is 2.31. The summed E-state index contributed by atoms with van der Waals surface area (Å²) in [5.41, 5.74) is 0. The van der Waals surface area contributed by atoms with Crippen LogP contribution in [0.2, 0.25) is 5.02 Å². The number of thioether (sulfide) groups is 1. The number of alkyl halides is 3. The Labute approximate surface area is 87.9 Å². The lowest BCUT2D eigenvalue weighted by Crippen LogP contribution is -2.10. The molecular formula is C8H6ClF3OS. The number of hydrogen-bond acceptors (Lipinski definition) is 2. The minimum Gasteiger partial charge on any atom is -0.506 e. The number of phenols is 1. The lowest BCUT2D eigenvalue weighted by atomic mass is 10.3. The van der Waals surface area contributed by atoms with Gasteiger partial charge in [0.25, 0.3) is 0 Å². The van der Waals surface area contributed by atoms with Gasteiger partial charge in [-0.1, -0.05) is 11.6 Å². The van der Waals surface area contributed by atoms with E-state index in [9.17, 15) is 13.2 Å². The molecule has 78 valence electrons. The number of rotatable bonds is 2. The van der Waals surface area contributed by atoms with E-state index in [1.807, 2.05) is 0 Å². The molecule has 0 bridgehead atoms. The molecule has 0 aliphatic heterocycles. The van der Waals surface area contributed by atoms with E-state index in [2.05, 4.69) is 0 Å². The highest BCUT2D eigenvalue weighted by Gasteiger charge is 2.27. The lowest BCUT2D eigenvalue weighted by molar-refractivity contribution is -0.105. The van der Waals surface area contributed by atoms with Gasteiger partial charge in [0.05, 0.1) is 10.8 Å². The molecule has 14 heavy (non-hydrogen) atoms. The monoisotopic (exact) mass is 242 g/mol. The van der Waals surface area contributed by atoms with Crippen molar-refractivity contribution in [1.29, 1.82) is 0 Å². The van der Waals surface area contributed by atoms with E-state index in [0.717, 1.165) is 0 Å². The first-order valence-electron chi connectivity index (χ1n) is 3.56. The van der Waals surface area contributed by atoms with Crippen LogP contribution in [0.1, 0.15) is 0 Å². The molecule has 0 atom stereocenters. The fourth-order valence-corrected chi connectivity index (χ4v) is 1.68. The summed E-state index contributed by atoms with van der Waals surface area (Å²) in [4.78, 5) is 0.380. The summed E-state index contributed by atoms with van der Waals surface area (Å²) in [5, 5.41) is 9.06. The Morgan fingerprint density at radius 1 is 1.36 bits per heavy atom. The molecule has 0 aliphatic rings. The fraction of sp³-hybridized carbons (Fsp3) is 0.250. The maximum atomic E-state index is 11.8. The largest absolute Gasteiger partial charge is 0.506 e. The summed E-state index contributed by atoms with van der Waals surface area (Å²) in [6.07, 6.45) is -4.20. The zero-order valence-corrected chi connectivity index (χ0v) is 8.38. The second kappa shape index (κ2) is 4.31. The Bertz CT molecular complexity index is 327. The number of phenolic OH excluding ortho intramolecular Hbond substituents is 1. The third-order valence-electron chi connectivity index (χ3n) is 1.32. The highest BCUT2D eigenvalue weighted by molar-refractivity contribution is 7.99. The predicted octanol–water partition coefficient (Wildman–Crippen LogP) is 3.70. The summed E-state index contributed by atoms with van der Waals surface area (Å²) < 4.78 is 35.5. The van der Waals surface area contributed by atoms with Gasteiger partial charge in [-0.25, -0.2) is 0 Å². The molecule has 1 aromatic rings. The Balaban J connectivity index is 2.65. The summed E-state index contributed by atoms with van der Waals surface area (Å²) in [5.74, 6) is -1.10. The molecule has 0 spiro atoms. The molecule has 0 radical (unpaired) electrons. The van der Waals surface area contributed by atoms with Gasteiger partial charge >= 0.3 is 6.18 Å². The Morgan fingerprint density at radius 2 is 2.00 bits per heavy atom. The van der Waals surface area contributed by atoms with Crippen molar-refractivity contribution in [2.24, 2.45) is 0 Å². The molecule has 1 aromatic carbocycles. The van der Waals surface area contributed by atoms with Crippen LogP contribution in [0.25, 0.3) is 0 Å². The van der Waals surface area contributed by atoms with Gasteiger partial charge in [0.15, 0.2) is 0 Å². The third-order valence-corrected chi connectivity index (χ3v) is 2.68. The molecule has 1 nitrogen and oxygen atoms in total. The topological polar surface area (TPSA) is 20.2 Å². The zero-order valence-electron chi connectivity index (χ0n) is 6.81. The fourth-order valence-electron chi connectivity index (χ4n) is 0.743. The smallest absolute Gasteiger partial charge is 0.398 e. The van der Waals surface area contributed by atoms with Crippen molar-refractivity contribution in [2.75, 3.05) is 5.75 Å². The Morgan fingerprint density at radius 3 is 2.50 bits per heavy atom. The molecular weight excluding hydrogens is 237 g/mol. The predicted molar refractivity (Wildman–Crippen MR) is 49.9 cm³/mol. The van der Waals surface area contributed by atoms with Crippen molar-refractivity contribution in [3.8, 4) is 5.75 Å². The van der Waals surface area contributed by atoms with Crippen molar-refractivity contribution in [1.82, 2.24) is 0 Å². The first-order valence-corrected chi connectivity index (χ1v) is 4.93. The van der Waals surface area contributed by atoms with Crippen molar-refractivity contribution in [2.45, 2.75) is 11.1 Å². The van der Waals surface area contributed by atoms with E-state index in [1.165, 1.54) is 18.2 Å². The summed E-state index contributed by atoms with van der Waals surface area (Å²) in [6.45, 7) is 0. The van der Waals surface area contributed by atoms with E-state index in [-0.39, 0.29) is 10.8 Å². The van der Waals surface area contributed by atoms with Crippen LogP contribution in [-0.2, 0) is 0 Å². The van der Waals surface area contributed by atoms with Crippen LogP contribution in [0, 0.1) is 0 Å². The maximum absolute atomic E-state index is 11.8. The average molecular weight is 243 g/mol. The molecule has 0 saturated carbocycles. The van der Waals surface area contributed by atoms with Crippen LogP contribution in [0.5, 0.6) is 5.75 Å². The molecule has 0 fully saturated rings. The number of benzene rings is 1. The second-order valence-electron chi connectivity index (χ2n) is 2.52. The van der Waals surface area contributed by atoms with Crippen molar-refractivity contribution >= 4 is 23.4 Å². The quantitative estimate of drug-likeness (QED) is 0.798. The molecule has 0 saturated heterocycles. The van der Waals surface area contributed by atoms with Gasteiger partial charge in [-0.05, 0) is 18.2 Å². The van der Waals surface area contributed by atoms with Crippen LogP contribution < -0.4 is 0 Å². The molecule has 0 aromatic heterocycles. The van der Waals surface area contributed by atoms with E-state index in [1.54, 1.807) is 0 Å². The van der Waals surface area contributed by atoms with Gasteiger partial charge in [-0.15, -0.1) is 11.8 Å². The van der Waals surface area contributed by atoms with Crippen LogP contribution in [-0.4, -0.2) is 17.0 Å². The Kier molecular flexibility index (Phi) is 3.55. The standard InChI is InChI=1S/C8H6ClF3OS/c9-6-3-5(1-2-7(6)13)14-4-8(10,11)12/h1-3,13H,4H2. The van der Waals surface area contributed by atoms with Gasteiger partial charge in [-0.2, -0.15) is 13.2 Å². The van der Waals surface area contributed by atoms with E-state index in [0.29, 0.717) is 16.7 Å². The minimum absolute atomic E-state index is 0.0529. The normalized spacial score (nSPS) is 11.7. The summed E-state index contributed by atoms with van der Waals surface area (Å²) in [6, 6.07) is 3.95. The van der Waals surface area contributed by atoms with Gasteiger partial charge in [0.1, 0.15) is 5.75 Å². The molecule has 1 rings (SSSR count). The molecule has 6 heteroatoms. The maximum Gasteiger partial charge on any atom is 0.398 e. The lowest BCUT2D eigenvalue weighted by Gasteiger charge is -2.06. The minimum atomic E-state index is -4.20. The molecule has 0 aliphatic carbocycles. The summed E-state index contributed by atoms with van der Waals surface area (Å²) >= 11 is 6.15. The first-order chi connectivity index (χ1) is 6.38. The number of hydrogen-bond donors (Lipinski definition) is 1. The zero-order chi connectivity index (χ0) is 10.8. The van der Waals surface area contributed by atoms with Gasteiger partial charge < -0.3 is 5.11 Å². The van der Waals surface area contributed by atoms with Crippen LogP contribution in [0.15, 0.2) is 23.1 Å². The Hall–Kier alpha value is -0.550.